The van der Waals surface area contributed by atoms with Gasteiger partial charge in [0.05, 0.1) is 42.6 Å². The maximum atomic E-state index is 13.3. The number of nitrogens with zero attached hydrogens (tertiary/aromatic N) is 3. The molecule has 0 spiro atoms. The number of pyridine rings is 2. The van der Waals surface area contributed by atoms with Crippen LogP contribution in [0.5, 0.6) is 0 Å². The Morgan fingerprint density at radius 2 is 1.94 bits per heavy atom. The number of hydrogen-bond acceptors (Lipinski definition) is 6. The van der Waals surface area contributed by atoms with E-state index in [-0.39, 0.29) is 29.8 Å². The number of aromatic nitrogens is 2. The molecule has 7 nitrogen and oxygen atoms in total. The first-order chi connectivity index (χ1) is 16.8. The molecular weight excluding hydrogens is 494 g/mol. The van der Waals surface area contributed by atoms with Gasteiger partial charge in [0.1, 0.15) is 5.82 Å². The van der Waals surface area contributed by atoms with Crippen LogP contribution in [0.3, 0.4) is 0 Å². The number of halogens is 6. The van der Waals surface area contributed by atoms with E-state index >= 15 is 0 Å². The third-order valence-electron chi connectivity index (χ3n) is 5.86. The van der Waals surface area contributed by atoms with E-state index in [9.17, 15) is 36.2 Å². The Hall–Kier alpha value is -3.45. The monoisotopic (exact) mass is 514 g/mol. The number of carbonyl (C=O) groups is 1. The van der Waals surface area contributed by atoms with Crippen molar-refractivity contribution in [1.82, 2.24) is 14.9 Å². The lowest BCUT2D eigenvalue weighted by molar-refractivity contribution is -0.206. The lowest BCUT2D eigenvalue weighted by Gasteiger charge is -2.26. The SMILES string of the molecule is C[C@H]1OCc2c1c(N)nc1ccc(C(=O)N(Cc3ccc(C(F)(F)F)cn3)C[C@@H](O)C(F)(F)F)cc21. The number of aliphatic hydroxyl groups is 1. The molecule has 192 valence electrons. The van der Waals surface area contributed by atoms with E-state index in [1.54, 1.807) is 6.92 Å². The molecule has 0 unspecified atom stereocenters. The van der Waals surface area contributed by atoms with Crippen molar-refractivity contribution in [3.05, 3.63) is 64.5 Å². The fraction of sp³-hybridized carbons (Fsp3) is 0.348. The second-order valence-corrected chi connectivity index (χ2v) is 8.35. The van der Waals surface area contributed by atoms with Gasteiger partial charge in [-0.05, 0) is 42.8 Å². The van der Waals surface area contributed by atoms with Crippen LogP contribution < -0.4 is 5.73 Å². The summed E-state index contributed by atoms with van der Waals surface area (Å²) in [6, 6.07) is 5.94. The van der Waals surface area contributed by atoms with Gasteiger partial charge in [-0.25, -0.2) is 4.98 Å². The lowest BCUT2D eigenvalue weighted by atomic mass is 10.00. The van der Waals surface area contributed by atoms with Gasteiger partial charge in [0, 0.05) is 22.7 Å². The van der Waals surface area contributed by atoms with Crippen molar-refractivity contribution < 1.29 is 41.0 Å². The van der Waals surface area contributed by atoms with Crippen molar-refractivity contribution in [3.63, 3.8) is 0 Å². The van der Waals surface area contributed by atoms with E-state index in [0.717, 1.165) is 6.07 Å². The maximum absolute atomic E-state index is 13.3. The van der Waals surface area contributed by atoms with E-state index in [2.05, 4.69) is 9.97 Å². The van der Waals surface area contributed by atoms with Gasteiger partial charge in [-0.2, -0.15) is 26.3 Å². The molecule has 0 radical (unpaired) electrons. The van der Waals surface area contributed by atoms with Crippen LogP contribution in [-0.4, -0.2) is 44.7 Å². The number of benzene rings is 1. The summed E-state index contributed by atoms with van der Waals surface area (Å²) < 4.78 is 83.3. The number of nitrogens with two attached hydrogens (primary N) is 1. The zero-order valence-corrected chi connectivity index (χ0v) is 18.7. The molecule has 36 heavy (non-hydrogen) atoms. The first-order valence-electron chi connectivity index (χ1n) is 10.7. The molecule has 2 atom stereocenters. The predicted octanol–water partition coefficient (Wildman–Crippen LogP) is 4.39. The van der Waals surface area contributed by atoms with Gasteiger partial charge in [-0.3, -0.25) is 9.78 Å². The Bertz CT molecular complexity index is 1290. The van der Waals surface area contributed by atoms with E-state index in [0.29, 0.717) is 39.2 Å². The zero-order valence-electron chi connectivity index (χ0n) is 18.7. The Morgan fingerprint density at radius 1 is 1.22 bits per heavy atom. The largest absolute Gasteiger partial charge is 0.417 e. The molecule has 1 aliphatic heterocycles. The second kappa shape index (κ2) is 9.21. The highest BCUT2D eigenvalue weighted by molar-refractivity contribution is 5.99. The summed E-state index contributed by atoms with van der Waals surface area (Å²) in [6.07, 6.45) is -12.4. The lowest BCUT2D eigenvalue weighted by Crippen LogP contribution is -2.43. The van der Waals surface area contributed by atoms with E-state index in [4.69, 9.17) is 10.5 Å². The van der Waals surface area contributed by atoms with E-state index in [1.807, 2.05) is 0 Å². The van der Waals surface area contributed by atoms with Gasteiger partial charge in [-0.1, -0.05) is 0 Å². The second-order valence-electron chi connectivity index (χ2n) is 8.35. The predicted molar refractivity (Wildman–Crippen MR) is 115 cm³/mol. The third kappa shape index (κ3) is 5.07. The number of carbonyl (C=O) groups excluding carboxylic acids is 1. The molecule has 0 bridgehead atoms. The van der Waals surface area contributed by atoms with E-state index < -0.39 is 43.0 Å². The van der Waals surface area contributed by atoms with Gasteiger partial charge in [-0.15, -0.1) is 0 Å². The van der Waals surface area contributed by atoms with Crippen LogP contribution in [0, 0.1) is 0 Å². The summed E-state index contributed by atoms with van der Waals surface area (Å²) in [5.41, 5.74) is 6.66. The number of ether oxygens (including phenoxy) is 1. The molecule has 1 aromatic carbocycles. The van der Waals surface area contributed by atoms with Crippen LogP contribution in [0.1, 0.15) is 45.8 Å². The molecule has 3 aromatic rings. The normalized spacial score (nSPS) is 16.7. The number of fused-ring (bicyclic) bond motifs is 3. The summed E-state index contributed by atoms with van der Waals surface area (Å²) in [7, 11) is 0. The quantitative estimate of drug-likeness (QED) is 0.490. The Kier molecular flexibility index (Phi) is 6.56. The number of nitrogen functional groups attached to an aromatic ring is 1. The molecule has 13 heteroatoms. The smallest absolute Gasteiger partial charge is 0.383 e. The van der Waals surface area contributed by atoms with Crippen molar-refractivity contribution in [2.45, 2.75) is 44.6 Å². The summed E-state index contributed by atoms with van der Waals surface area (Å²) in [6.45, 7) is 0.257. The first-order valence-corrected chi connectivity index (χ1v) is 10.7. The van der Waals surface area contributed by atoms with Crippen LogP contribution in [0.25, 0.3) is 10.9 Å². The first kappa shape index (κ1) is 25.6. The van der Waals surface area contributed by atoms with Crippen molar-refractivity contribution >= 4 is 22.6 Å². The highest BCUT2D eigenvalue weighted by Crippen LogP contribution is 2.38. The standard InChI is InChI=1S/C23H20F6N4O3/c1-11-19-16(10-36-11)15-6-12(2-5-17(15)32-20(19)30)21(35)33(9-18(34)23(27,28)29)8-14-4-3-13(7-31-14)22(24,25)26/h2-7,11,18,34H,8-10H2,1H3,(H2,30,32)/t11-,18-/m1/s1. The van der Waals surface area contributed by atoms with Crippen LogP contribution in [0.2, 0.25) is 0 Å². The van der Waals surface area contributed by atoms with Crippen molar-refractivity contribution in [3.8, 4) is 0 Å². The minimum atomic E-state index is -5.02. The number of aliphatic hydroxyl groups excluding tert-OH is 1. The molecule has 0 fully saturated rings. The highest BCUT2D eigenvalue weighted by Gasteiger charge is 2.40. The molecule has 0 saturated heterocycles. The Labute approximate surface area is 200 Å². The molecule has 1 aliphatic rings. The van der Waals surface area contributed by atoms with Crippen LogP contribution in [0.4, 0.5) is 32.2 Å². The van der Waals surface area contributed by atoms with E-state index in [1.165, 1.54) is 18.2 Å². The molecule has 3 heterocycles. The molecule has 2 aromatic heterocycles. The fourth-order valence-electron chi connectivity index (χ4n) is 3.99. The van der Waals surface area contributed by atoms with Gasteiger partial charge >= 0.3 is 12.4 Å². The fourth-order valence-corrected chi connectivity index (χ4v) is 3.99. The molecule has 4 rings (SSSR count). The van der Waals surface area contributed by atoms with Crippen LogP contribution >= 0.6 is 0 Å². The number of rotatable bonds is 5. The number of anilines is 1. The van der Waals surface area contributed by atoms with Crippen LogP contribution in [0.15, 0.2) is 36.5 Å². The van der Waals surface area contributed by atoms with Crippen molar-refractivity contribution in [1.29, 1.82) is 0 Å². The topological polar surface area (TPSA) is 102 Å². The summed E-state index contributed by atoms with van der Waals surface area (Å²) in [4.78, 5) is 21.9. The minimum Gasteiger partial charge on any atom is -0.383 e. The zero-order chi connectivity index (χ0) is 26.4. The maximum Gasteiger partial charge on any atom is 0.417 e. The summed E-state index contributed by atoms with van der Waals surface area (Å²) in [5.74, 6) is -0.621. The van der Waals surface area contributed by atoms with Gasteiger partial charge in [0.2, 0.25) is 0 Å². The molecule has 3 N–H and O–H groups in total. The number of amides is 1. The summed E-state index contributed by atoms with van der Waals surface area (Å²) >= 11 is 0. The minimum absolute atomic E-state index is 0.0166. The van der Waals surface area contributed by atoms with Gasteiger partial charge in [0.25, 0.3) is 5.91 Å². The average molecular weight is 514 g/mol. The molecular formula is C23H20F6N4O3. The van der Waals surface area contributed by atoms with Crippen molar-refractivity contribution in [2.75, 3.05) is 12.3 Å². The molecule has 1 amide bonds. The van der Waals surface area contributed by atoms with Gasteiger partial charge in [0.15, 0.2) is 6.10 Å². The molecule has 0 saturated carbocycles. The molecule has 0 aliphatic carbocycles. The van der Waals surface area contributed by atoms with Gasteiger partial charge < -0.3 is 20.5 Å². The van der Waals surface area contributed by atoms with Crippen LogP contribution in [-0.2, 0) is 24.1 Å². The average Bonchev–Trinajstić information content (AvgIpc) is 3.19. The summed E-state index contributed by atoms with van der Waals surface area (Å²) in [5, 5.41) is 10.1. The van der Waals surface area contributed by atoms with Crippen molar-refractivity contribution in [2.24, 2.45) is 0 Å². The third-order valence-corrected chi connectivity index (χ3v) is 5.86. The Balaban J connectivity index is 1.69. The number of alkyl halides is 6. The Morgan fingerprint density at radius 3 is 2.56 bits per heavy atom. The highest BCUT2D eigenvalue weighted by atomic mass is 19.4. The number of hydrogen-bond donors (Lipinski definition) is 2.